The van der Waals surface area contributed by atoms with Crippen LogP contribution in [0.15, 0.2) is 48.5 Å². The number of carboxylic acids is 8. The minimum absolute atomic E-state index is 0. The molecule has 34 heteroatoms. The molecule has 0 bridgehead atoms. The van der Waals surface area contributed by atoms with Gasteiger partial charge in [-0.25, -0.2) is 19.2 Å². The number of phenolic OH excluding ortho intramolecular Hbond substituents is 1. The van der Waals surface area contributed by atoms with Crippen molar-refractivity contribution in [2.24, 2.45) is 5.92 Å². The summed E-state index contributed by atoms with van der Waals surface area (Å²) < 4.78 is 0.419. The largest absolute Gasteiger partial charge is 0.549 e. The third-order valence-electron chi connectivity index (χ3n) is 16.4. The molecule has 0 unspecified atom stereocenters. The van der Waals surface area contributed by atoms with Crippen LogP contribution in [0.5, 0.6) is 5.75 Å². The molecule has 1 aliphatic heterocycles. The van der Waals surface area contributed by atoms with E-state index in [9.17, 15) is 108 Å². The van der Waals surface area contributed by atoms with E-state index in [1.54, 1.807) is 36.4 Å². The number of nitrogens with zero attached hydrogens (tertiary/aromatic N) is 4. The summed E-state index contributed by atoms with van der Waals surface area (Å²) in [5.74, 6) is -14.2. The van der Waals surface area contributed by atoms with Gasteiger partial charge < -0.3 is 77.3 Å². The summed E-state index contributed by atoms with van der Waals surface area (Å²) in [5, 5.41) is 102. The fourth-order valence-electron chi connectivity index (χ4n) is 11.0. The second kappa shape index (κ2) is 48.6. The van der Waals surface area contributed by atoms with Crippen molar-refractivity contribution in [3.8, 4) is 5.75 Å². The van der Waals surface area contributed by atoms with Crippen LogP contribution in [0.25, 0.3) is 0 Å². The van der Waals surface area contributed by atoms with E-state index < -0.39 is 153 Å². The van der Waals surface area contributed by atoms with Gasteiger partial charge in [0.1, 0.15) is 35.7 Å². The average Bonchev–Trinajstić information content (AvgIpc) is 0.897. The van der Waals surface area contributed by atoms with Gasteiger partial charge in [-0.1, -0.05) is 62.1 Å². The molecular weight excluding hydrogens is 1580 g/mol. The van der Waals surface area contributed by atoms with Crippen LogP contribution in [-0.4, -0.2) is 252 Å². The summed E-state index contributed by atoms with van der Waals surface area (Å²) in [6.45, 7) is -1.13. The van der Waals surface area contributed by atoms with Crippen molar-refractivity contribution < 1.29 is 150 Å². The number of unbranched alkanes of at least 4 members (excludes halogenated alkanes) is 6. The number of aromatic hydroxyl groups is 1. The molecule has 0 spiro atoms. The fourth-order valence-corrected chi connectivity index (χ4v) is 11.6. The van der Waals surface area contributed by atoms with E-state index in [1.807, 2.05) is 22.6 Å². The smallest absolute Gasteiger partial charge is 0.326 e. The Morgan fingerprint density at radius 1 is 0.475 bits per heavy atom. The van der Waals surface area contributed by atoms with Crippen LogP contribution >= 0.6 is 22.6 Å². The summed E-state index contributed by atoms with van der Waals surface area (Å²) in [6.07, 6.45) is 2.78. The van der Waals surface area contributed by atoms with Crippen molar-refractivity contribution in [2.75, 3.05) is 78.5 Å². The van der Waals surface area contributed by atoms with E-state index in [0.29, 0.717) is 72.5 Å². The zero-order valence-corrected chi connectivity index (χ0v) is 58.9. The summed E-state index contributed by atoms with van der Waals surface area (Å²) >= 11 is 1.89. The average molecular weight is 1670 g/mol. The summed E-state index contributed by atoms with van der Waals surface area (Å²) in [5.41, 5.74) is 1.13. The number of hydrogen-bond donors (Lipinski definition) is 13. The Morgan fingerprint density at radius 3 is 1.49 bits per heavy atom. The van der Waals surface area contributed by atoms with Crippen molar-refractivity contribution in [1.29, 1.82) is 0 Å². The Hall–Kier alpha value is -7.18. The predicted octanol–water partition coefficient (Wildman–Crippen LogP) is 1.00. The maximum absolute atomic E-state index is 14.6. The Bertz CT molecular complexity index is 2970. The number of rotatable bonds is 47. The Labute approximate surface area is 616 Å². The van der Waals surface area contributed by atoms with Gasteiger partial charge in [0.15, 0.2) is 5.78 Å². The number of aliphatic carboxylic acids is 8. The SMILES string of the molecule is O=C([O-])CN1CCN(CC(=O)O)CCN(CC(=O)O)CCN([C@@H](CCC(=O)N[C@H](Cc2ccc(O)c(I)c2)C(=O)C[C@H](Cc2ccccc2)C(=O)N[C@H](CCCCNC(=O)CCCCCCC(=O)CCCCC[C@H](NC(=O)N[C@@H](CCC(=O)O)C(=O)O)C(=O)O)C(=O)O)C(=O)O)CC1.[Lu]. The Morgan fingerprint density at radius 2 is 0.980 bits per heavy atom. The van der Waals surface area contributed by atoms with Crippen LogP contribution < -0.4 is 31.7 Å². The molecular formula is C65H93ILuN9O23-. The normalized spacial score (nSPS) is 15.2. The molecule has 99 heavy (non-hydrogen) atoms. The van der Waals surface area contributed by atoms with Gasteiger partial charge in [-0.15, -0.1) is 0 Å². The molecule has 2 aromatic rings. The third kappa shape index (κ3) is 38.3. The van der Waals surface area contributed by atoms with E-state index in [4.69, 9.17) is 5.11 Å². The molecule has 1 aliphatic rings. The number of ketones is 2. The number of carbonyl (C=O) groups excluding carboxylic acids is 7. The van der Waals surface area contributed by atoms with Crippen LogP contribution in [0, 0.1) is 46.4 Å². The Kier molecular flexibility index (Phi) is 43.1. The van der Waals surface area contributed by atoms with Crippen LogP contribution in [0.3, 0.4) is 0 Å². The molecule has 1 saturated heterocycles. The molecule has 5 amide bonds. The van der Waals surface area contributed by atoms with Gasteiger partial charge >= 0.3 is 47.8 Å². The molecule has 32 nitrogen and oxygen atoms in total. The zero-order chi connectivity index (χ0) is 72.7. The minimum Gasteiger partial charge on any atom is -0.549 e. The number of Topliss-reactive ketones (excluding diaryl/α,β-unsaturated/α-hetero) is 2. The van der Waals surface area contributed by atoms with Gasteiger partial charge in [-0.3, -0.25) is 62.8 Å². The number of carboxylic acid groups (broad SMARTS) is 8. The number of halogens is 1. The summed E-state index contributed by atoms with van der Waals surface area (Å²) in [6, 6.07) is 5.07. The van der Waals surface area contributed by atoms with Gasteiger partial charge in [0.25, 0.3) is 0 Å². The number of benzene rings is 2. The molecule has 3 rings (SSSR count). The van der Waals surface area contributed by atoms with Gasteiger partial charge in [0, 0.05) is 147 Å². The standard InChI is InChI=1S/C65H94IN9O23.Lu/c66-46-36-43(20-23-52(46)77)37-50(68-55(80)24-22-51(64(96)97)75-33-31-73(40-58(85)86)29-27-72(39-57(83)84)28-30-74(32-34-75)41-59(87)88)53(78)38-44(35-42-13-5-3-6-14-42)60(89)69-47(61(90)91)18-11-12-26-67-54(79)19-10-2-1-7-15-45(76)16-8-4-9-17-48(62(92)93)70-65(98)71-49(63(94)95)21-25-56(81)82;/h3,5-6,13-14,20,23,36,44,47-51,77H,1-2,4,7-12,15-19,21-22,24-35,37-41H2,(H,67,79)(H,68,80)(H,69,89)(H,81,82)(H,83,84)(H,85,86)(H,87,88)(H,90,91)(H,92,93)(H,94,95)(H,96,97)(H2,70,71,98);/p-1/t44-,47+,48-,49-,50+,51-;/m0./s1. The molecule has 1 radical (unpaired) electrons. The van der Waals surface area contributed by atoms with Gasteiger partial charge in [-0.2, -0.15) is 0 Å². The molecule has 1 heterocycles. The first kappa shape index (κ1) is 87.9. The second-order valence-corrected chi connectivity index (χ2v) is 25.4. The minimum atomic E-state index is -1.53. The van der Waals surface area contributed by atoms with Crippen LogP contribution in [-0.2, 0) is 75.2 Å². The Balaban J connectivity index is 0.0000333. The molecule has 2 aromatic carbocycles. The zero-order valence-electron chi connectivity index (χ0n) is 55.0. The topological polar surface area (TPSA) is 497 Å². The monoisotopic (exact) mass is 1670 g/mol. The third-order valence-corrected chi connectivity index (χ3v) is 17.3. The number of nitrogens with one attached hydrogen (secondary N) is 5. The first-order valence-electron chi connectivity index (χ1n) is 32.7. The number of urea groups is 1. The molecule has 6 atom stereocenters. The second-order valence-electron chi connectivity index (χ2n) is 24.2. The maximum Gasteiger partial charge on any atom is 0.326 e. The summed E-state index contributed by atoms with van der Waals surface area (Å²) in [7, 11) is 0. The number of amides is 5. The summed E-state index contributed by atoms with van der Waals surface area (Å²) in [4.78, 5) is 181. The maximum atomic E-state index is 14.6. The molecule has 559 valence electrons. The van der Waals surface area contributed by atoms with Crippen LogP contribution in [0.1, 0.15) is 133 Å². The van der Waals surface area contributed by atoms with E-state index in [0.717, 1.165) is 0 Å². The van der Waals surface area contributed by atoms with E-state index in [-0.39, 0.29) is 165 Å². The fraction of sp³-hybridized carbons (Fsp3) is 0.600. The molecule has 0 saturated carbocycles. The van der Waals surface area contributed by atoms with E-state index in [1.165, 1.54) is 31.7 Å². The van der Waals surface area contributed by atoms with Crippen molar-refractivity contribution in [3.63, 3.8) is 0 Å². The quantitative estimate of drug-likeness (QED) is 0.0325. The van der Waals surface area contributed by atoms with Crippen molar-refractivity contribution >= 4 is 106 Å². The van der Waals surface area contributed by atoms with Crippen molar-refractivity contribution in [3.05, 3.63) is 63.2 Å². The van der Waals surface area contributed by atoms with Crippen molar-refractivity contribution in [2.45, 2.75) is 165 Å². The number of phenols is 1. The molecule has 0 aromatic heterocycles. The van der Waals surface area contributed by atoms with Gasteiger partial charge in [-0.05, 0) is 116 Å². The number of hydrogen-bond acceptors (Lipinski definition) is 20. The first-order valence-corrected chi connectivity index (χ1v) is 33.7. The van der Waals surface area contributed by atoms with Gasteiger partial charge in [0.05, 0.1) is 28.7 Å². The first-order chi connectivity index (χ1) is 46.5. The molecule has 0 aliphatic carbocycles. The van der Waals surface area contributed by atoms with E-state index >= 15 is 0 Å². The number of carbonyl (C=O) groups is 14. The molecule has 1 fully saturated rings. The predicted molar refractivity (Wildman–Crippen MR) is 355 cm³/mol. The van der Waals surface area contributed by atoms with Crippen LogP contribution in [0.2, 0.25) is 0 Å². The van der Waals surface area contributed by atoms with Crippen molar-refractivity contribution in [1.82, 2.24) is 46.2 Å². The van der Waals surface area contributed by atoms with Gasteiger partial charge in [0.2, 0.25) is 17.7 Å². The van der Waals surface area contributed by atoms with E-state index in [2.05, 4.69) is 26.6 Å². The van der Waals surface area contributed by atoms with Crippen LogP contribution in [0.4, 0.5) is 4.79 Å². The molecule has 13 N–H and O–H groups in total.